The first-order chi connectivity index (χ1) is 8.61. The second-order valence-electron chi connectivity index (χ2n) is 4.60. The fourth-order valence-corrected chi connectivity index (χ4v) is 2.90. The van der Waals surface area contributed by atoms with E-state index in [2.05, 4.69) is 47.8 Å². The van der Waals surface area contributed by atoms with Gasteiger partial charge in [-0.2, -0.15) is 0 Å². The minimum absolute atomic E-state index is 0.121. The molecule has 0 aliphatic rings. The van der Waals surface area contributed by atoms with E-state index in [0.29, 0.717) is 0 Å². The van der Waals surface area contributed by atoms with Gasteiger partial charge in [0, 0.05) is 17.5 Å². The molecule has 1 atom stereocenters. The van der Waals surface area contributed by atoms with Gasteiger partial charge < -0.3 is 0 Å². The van der Waals surface area contributed by atoms with E-state index in [1.54, 1.807) is 11.3 Å². The fraction of sp³-hybridized carbons (Fsp3) is 0.357. The molecule has 1 unspecified atom stereocenters. The highest BCUT2D eigenvalue weighted by Gasteiger charge is 2.15. The van der Waals surface area contributed by atoms with Crippen molar-refractivity contribution in [1.82, 2.24) is 10.4 Å². The topological polar surface area (TPSA) is 50.9 Å². The number of aryl methyl sites for hydroxylation is 2. The minimum atomic E-state index is 0.121. The van der Waals surface area contributed by atoms with Crippen molar-refractivity contribution in [2.24, 2.45) is 5.84 Å². The molecule has 0 aliphatic heterocycles. The average Bonchev–Trinajstić information content (AvgIpc) is 2.76. The zero-order valence-electron chi connectivity index (χ0n) is 11.0. The summed E-state index contributed by atoms with van der Waals surface area (Å²) in [6, 6.07) is 6.46. The lowest BCUT2D eigenvalue weighted by molar-refractivity contribution is 0.547. The van der Waals surface area contributed by atoms with Crippen molar-refractivity contribution in [1.29, 1.82) is 0 Å². The lowest BCUT2D eigenvalue weighted by Crippen LogP contribution is -2.30. The molecule has 3 N–H and O–H groups in total. The molecule has 4 heteroatoms. The molecule has 0 saturated carbocycles. The van der Waals surface area contributed by atoms with E-state index >= 15 is 0 Å². The van der Waals surface area contributed by atoms with Gasteiger partial charge in [0.05, 0.1) is 11.0 Å². The van der Waals surface area contributed by atoms with Gasteiger partial charge >= 0.3 is 0 Å². The predicted molar refractivity (Wildman–Crippen MR) is 76.5 cm³/mol. The number of benzene rings is 1. The molecule has 2 rings (SSSR count). The molecule has 2 aromatic rings. The van der Waals surface area contributed by atoms with Gasteiger partial charge in [-0.25, -0.2) is 4.98 Å². The molecule has 1 heterocycles. The number of nitrogens with one attached hydrogen (secondary N) is 1. The van der Waals surface area contributed by atoms with E-state index < -0.39 is 0 Å². The molecule has 0 bridgehead atoms. The van der Waals surface area contributed by atoms with E-state index in [9.17, 15) is 0 Å². The monoisotopic (exact) mass is 261 g/mol. The maximum absolute atomic E-state index is 5.71. The number of hydrazine groups is 1. The van der Waals surface area contributed by atoms with E-state index in [-0.39, 0.29) is 6.04 Å². The van der Waals surface area contributed by atoms with Crippen molar-refractivity contribution in [3.63, 3.8) is 0 Å². The highest BCUT2D eigenvalue weighted by molar-refractivity contribution is 7.09. The van der Waals surface area contributed by atoms with E-state index in [4.69, 9.17) is 5.84 Å². The normalized spacial score (nSPS) is 12.7. The maximum atomic E-state index is 5.71. The molecule has 0 radical (unpaired) electrons. The highest BCUT2D eigenvalue weighted by Crippen LogP contribution is 2.24. The molecule has 0 saturated heterocycles. The summed E-state index contributed by atoms with van der Waals surface area (Å²) in [6.45, 7) is 6.28. The molecule has 1 aromatic heterocycles. The van der Waals surface area contributed by atoms with E-state index in [0.717, 1.165) is 17.1 Å². The maximum Gasteiger partial charge on any atom is 0.0947 e. The zero-order chi connectivity index (χ0) is 13.1. The van der Waals surface area contributed by atoms with Crippen LogP contribution in [0.4, 0.5) is 0 Å². The lowest BCUT2D eigenvalue weighted by atomic mass is 9.96. The van der Waals surface area contributed by atoms with Gasteiger partial charge in [-0.3, -0.25) is 11.3 Å². The Morgan fingerprint density at radius 1 is 1.33 bits per heavy atom. The molecule has 18 heavy (non-hydrogen) atoms. The fourth-order valence-electron chi connectivity index (χ4n) is 2.08. The van der Waals surface area contributed by atoms with E-state index in [1.807, 2.05) is 6.92 Å². The van der Waals surface area contributed by atoms with Crippen molar-refractivity contribution in [2.75, 3.05) is 0 Å². The lowest BCUT2D eigenvalue weighted by Gasteiger charge is -2.18. The Bertz CT molecular complexity index is 534. The molecular formula is C14H19N3S. The molecule has 0 amide bonds. The first-order valence-electron chi connectivity index (χ1n) is 6.05. The van der Waals surface area contributed by atoms with Crippen molar-refractivity contribution in [2.45, 2.75) is 33.2 Å². The van der Waals surface area contributed by atoms with Crippen LogP contribution in [-0.4, -0.2) is 4.98 Å². The van der Waals surface area contributed by atoms with Gasteiger partial charge in [-0.15, -0.1) is 11.3 Å². The molecule has 0 spiro atoms. The van der Waals surface area contributed by atoms with Gasteiger partial charge in [0.1, 0.15) is 0 Å². The molecule has 0 aliphatic carbocycles. The Morgan fingerprint density at radius 2 is 2.11 bits per heavy atom. The summed E-state index contributed by atoms with van der Waals surface area (Å²) in [5.41, 5.74) is 7.84. The third-order valence-electron chi connectivity index (χ3n) is 3.27. The van der Waals surface area contributed by atoms with Crippen LogP contribution in [0.25, 0.3) is 0 Å². The summed E-state index contributed by atoms with van der Waals surface area (Å²) in [5, 5.41) is 3.20. The zero-order valence-corrected chi connectivity index (χ0v) is 11.8. The summed E-state index contributed by atoms with van der Waals surface area (Å²) in [6.07, 6.45) is 0.833. The highest BCUT2D eigenvalue weighted by atomic mass is 32.1. The number of nitrogens with two attached hydrogens (primary N) is 1. The van der Waals surface area contributed by atoms with Gasteiger partial charge in [0.2, 0.25) is 0 Å². The van der Waals surface area contributed by atoms with Gasteiger partial charge in [-0.05, 0) is 37.5 Å². The van der Waals surface area contributed by atoms with Gasteiger partial charge in [0.15, 0.2) is 0 Å². The molecule has 1 aromatic carbocycles. The molecule has 3 nitrogen and oxygen atoms in total. The van der Waals surface area contributed by atoms with Crippen LogP contribution in [0, 0.1) is 20.8 Å². The van der Waals surface area contributed by atoms with Crippen LogP contribution >= 0.6 is 11.3 Å². The number of hydrogen-bond donors (Lipinski definition) is 2. The third-order valence-corrected chi connectivity index (χ3v) is 4.26. The quantitative estimate of drug-likeness (QED) is 0.657. The van der Waals surface area contributed by atoms with Crippen LogP contribution in [0.2, 0.25) is 0 Å². The average molecular weight is 261 g/mol. The van der Waals surface area contributed by atoms with Crippen molar-refractivity contribution in [3.05, 3.63) is 51.0 Å². The number of hydrogen-bond acceptors (Lipinski definition) is 4. The SMILES string of the molecule is Cc1csc(CC(NN)c2cccc(C)c2C)n1. The summed E-state index contributed by atoms with van der Waals surface area (Å²) >= 11 is 1.69. The van der Waals surface area contributed by atoms with Crippen LogP contribution in [0.3, 0.4) is 0 Å². The Labute approximate surface area is 112 Å². The molecule has 0 fully saturated rings. The number of rotatable bonds is 4. The number of thiazole rings is 1. The van der Waals surface area contributed by atoms with Gasteiger partial charge in [-0.1, -0.05) is 18.2 Å². The number of aromatic nitrogens is 1. The Hall–Kier alpha value is -1.23. The van der Waals surface area contributed by atoms with Crippen LogP contribution < -0.4 is 11.3 Å². The first kappa shape index (κ1) is 13.2. The van der Waals surface area contributed by atoms with Crippen molar-refractivity contribution < 1.29 is 0 Å². The van der Waals surface area contributed by atoms with E-state index in [1.165, 1.54) is 16.7 Å². The Kier molecular flexibility index (Phi) is 4.11. The third kappa shape index (κ3) is 2.77. The summed E-state index contributed by atoms with van der Waals surface area (Å²) < 4.78 is 0. The predicted octanol–water partition coefficient (Wildman–Crippen LogP) is 2.82. The largest absolute Gasteiger partial charge is 0.271 e. The molecule has 96 valence electrons. The van der Waals surface area contributed by atoms with Crippen LogP contribution in [0.1, 0.15) is 33.4 Å². The van der Waals surface area contributed by atoms with Crippen LogP contribution in [-0.2, 0) is 6.42 Å². The van der Waals surface area contributed by atoms with Gasteiger partial charge in [0.25, 0.3) is 0 Å². The standard InChI is InChI=1S/C14H19N3S/c1-9-5-4-6-12(11(9)3)13(17-15)7-14-16-10(2)8-18-14/h4-6,8,13,17H,7,15H2,1-3H3. The van der Waals surface area contributed by atoms with Crippen molar-refractivity contribution in [3.8, 4) is 0 Å². The smallest absolute Gasteiger partial charge is 0.0947 e. The second-order valence-corrected chi connectivity index (χ2v) is 5.54. The second kappa shape index (κ2) is 5.61. The first-order valence-corrected chi connectivity index (χ1v) is 6.93. The molecular weight excluding hydrogens is 242 g/mol. The Morgan fingerprint density at radius 3 is 2.72 bits per heavy atom. The summed E-state index contributed by atoms with van der Waals surface area (Å²) in [4.78, 5) is 4.50. The van der Waals surface area contributed by atoms with Crippen molar-refractivity contribution >= 4 is 11.3 Å². The summed E-state index contributed by atoms with van der Waals surface area (Å²) in [7, 11) is 0. The minimum Gasteiger partial charge on any atom is -0.271 e. The number of nitrogens with zero attached hydrogens (tertiary/aromatic N) is 1. The van der Waals surface area contributed by atoms with Crippen LogP contribution in [0.15, 0.2) is 23.6 Å². The summed E-state index contributed by atoms with van der Waals surface area (Å²) in [5.74, 6) is 5.71. The van der Waals surface area contributed by atoms with Crippen LogP contribution in [0.5, 0.6) is 0 Å². The Balaban J connectivity index is 2.25.